The maximum Gasteiger partial charge on any atom is 0.287 e. The zero-order valence-corrected chi connectivity index (χ0v) is 13.5. The Morgan fingerprint density at radius 2 is 1.81 bits per heavy atom. The summed E-state index contributed by atoms with van der Waals surface area (Å²) in [6, 6.07) is 5.83. The van der Waals surface area contributed by atoms with Crippen LogP contribution in [0.5, 0.6) is 5.75 Å². The summed E-state index contributed by atoms with van der Waals surface area (Å²) < 4.78 is 7.20. The first kappa shape index (κ1) is 15.3. The van der Waals surface area contributed by atoms with Crippen molar-refractivity contribution in [1.82, 2.24) is 9.78 Å². The lowest BCUT2D eigenvalue weighted by atomic mass is 10.1. The lowest BCUT2D eigenvalue weighted by Crippen LogP contribution is -2.30. The predicted octanol–water partition coefficient (Wildman–Crippen LogP) is 3.53. The van der Waals surface area contributed by atoms with Gasteiger partial charge in [0.15, 0.2) is 6.10 Å². The van der Waals surface area contributed by atoms with Gasteiger partial charge in [0, 0.05) is 5.69 Å². The molecule has 1 atom stereocenters. The van der Waals surface area contributed by atoms with Gasteiger partial charge in [0.05, 0.1) is 5.69 Å². The Morgan fingerprint density at radius 3 is 2.33 bits per heavy atom. The van der Waals surface area contributed by atoms with Gasteiger partial charge < -0.3 is 4.74 Å². The highest BCUT2D eigenvalue weighted by atomic mass is 16.5. The van der Waals surface area contributed by atoms with E-state index in [2.05, 4.69) is 5.10 Å². The Bertz CT molecular complexity index is 686. The number of rotatable bonds is 3. The summed E-state index contributed by atoms with van der Waals surface area (Å²) in [6.45, 7) is 11.6. The first-order chi connectivity index (χ1) is 9.81. The molecule has 4 nitrogen and oxygen atoms in total. The molecule has 0 aliphatic rings. The average Bonchev–Trinajstić information content (AvgIpc) is 2.69. The van der Waals surface area contributed by atoms with Crippen LogP contribution in [0, 0.1) is 34.6 Å². The highest BCUT2D eigenvalue weighted by Crippen LogP contribution is 2.19. The first-order valence-electron chi connectivity index (χ1n) is 7.12. The van der Waals surface area contributed by atoms with Crippen LogP contribution in [0.25, 0.3) is 0 Å². The van der Waals surface area contributed by atoms with Crippen LogP contribution < -0.4 is 4.74 Å². The van der Waals surface area contributed by atoms with Gasteiger partial charge in [-0.05, 0) is 70.4 Å². The van der Waals surface area contributed by atoms with Crippen molar-refractivity contribution in [1.29, 1.82) is 0 Å². The molecule has 21 heavy (non-hydrogen) atoms. The van der Waals surface area contributed by atoms with E-state index in [-0.39, 0.29) is 5.91 Å². The predicted molar refractivity (Wildman–Crippen MR) is 83.1 cm³/mol. The quantitative estimate of drug-likeness (QED) is 0.867. The van der Waals surface area contributed by atoms with Crippen LogP contribution in [-0.2, 0) is 0 Å². The summed E-state index contributed by atoms with van der Waals surface area (Å²) in [7, 11) is 0. The monoisotopic (exact) mass is 286 g/mol. The Kier molecular flexibility index (Phi) is 4.16. The molecule has 0 aliphatic carbocycles. The number of ether oxygens (including phenoxy) is 1. The minimum atomic E-state index is -0.579. The highest BCUT2D eigenvalue weighted by molar-refractivity contribution is 5.83. The molecule has 0 saturated heterocycles. The SMILES string of the molecule is Cc1ccc(O[C@H](C)C(=O)n2nc(C)c(C)c2C)cc1C. The van der Waals surface area contributed by atoms with Crippen molar-refractivity contribution in [3.63, 3.8) is 0 Å². The summed E-state index contributed by atoms with van der Waals surface area (Å²) >= 11 is 0. The first-order valence-corrected chi connectivity index (χ1v) is 7.12. The molecule has 0 radical (unpaired) electrons. The molecule has 1 heterocycles. The number of nitrogens with zero attached hydrogens (tertiary/aromatic N) is 2. The molecule has 0 bridgehead atoms. The van der Waals surface area contributed by atoms with Gasteiger partial charge in [-0.3, -0.25) is 4.79 Å². The smallest absolute Gasteiger partial charge is 0.287 e. The normalized spacial score (nSPS) is 12.3. The highest BCUT2D eigenvalue weighted by Gasteiger charge is 2.21. The zero-order chi connectivity index (χ0) is 15.7. The van der Waals surface area contributed by atoms with Crippen molar-refractivity contribution >= 4 is 5.91 Å². The number of carbonyl (C=O) groups excluding carboxylic acids is 1. The third-order valence-electron chi connectivity index (χ3n) is 4.00. The fraction of sp³-hybridized carbons (Fsp3) is 0.412. The van der Waals surface area contributed by atoms with Gasteiger partial charge >= 0.3 is 0 Å². The van der Waals surface area contributed by atoms with Crippen LogP contribution in [0.1, 0.15) is 39.8 Å². The van der Waals surface area contributed by atoms with E-state index in [0.29, 0.717) is 5.75 Å². The topological polar surface area (TPSA) is 44.1 Å². The number of aryl methyl sites for hydroxylation is 3. The molecule has 1 aromatic heterocycles. The summed E-state index contributed by atoms with van der Waals surface area (Å²) in [5.41, 5.74) is 5.14. The number of hydrogen-bond donors (Lipinski definition) is 0. The second-order valence-electron chi connectivity index (χ2n) is 5.55. The molecule has 0 amide bonds. The molecule has 1 aromatic carbocycles. The molecule has 0 fully saturated rings. The number of aromatic nitrogens is 2. The van der Waals surface area contributed by atoms with Crippen molar-refractivity contribution in [3.8, 4) is 5.75 Å². The molecule has 0 saturated carbocycles. The van der Waals surface area contributed by atoms with Crippen LogP contribution in [0.3, 0.4) is 0 Å². The van der Waals surface area contributed by atoms with E-state index in [9.17, 15) is 4.79 Å². The van der Waals surface area contributed by atoms with Gasteiger partial charge in [-0.1, -0.05) is 6.07 Å². The van der Waals surface area contributed by atoms with E-state index in [4.69, 9.17) is 4.74 Å². The zero-order valence-electron chi connectivity index (χ0n) is 13.5. The number of carbonyl (C=O) groups is 1. The minimum absolute atomic E-state index is 0.151. The van der Waals surface area contributed by atoms with Gasteiger partial charge in [-0.25, -0.2) is 4.68 Å². The Balaban J connectivity index is 2.19. The maximum atomic E-state index is 12.5. The Labute approximate surface area is 125 Å². The van der Waals surface area contributed by atoms with Crippen molar-refractivity contribution in [2.24, 2.45) is 0 Å². The van der Waals surface area contributed by atoms with E-state index in [1.807, 2.05) is 52.8 Å². The molecule has 0 N–H and O–H groups in total. The third-order valence-corrected chi connectivity index (χ3v) is 4.00. The van der Waals surface area contributed by atoms with E-state index in [0.717, 1.165) is 22.5 Å². The van der Waals surface area contributed by atoms with Crippen molar-refractivity contribution in [2.45, 2.75) is 47.6 Å². The lowest BCUT2D eigenvalue weighted by molar-refractivity contribution is 0.0707. The molecular weight excluding hydrogens is 264 g/mol. The van der Waals surface area contributed by atoms with E-state index < -0.39 is 6.10 Å². The van der Waals surface area contributed by atoms with Crippen LogP contribution in [0.15, 0.2) is 18.2 Å². The van der Waals surface area contributed by atoms with Gasteiger partial charge in [0.25, 0.3) is 5.91 Å². The van der Waals surface area contributed by atoms with Crippen LogP contribution >= 0.6 is 0 Å². The van der Waals surface area contributed by atoms with Crippen LogP contribution in [-0.4, -0.2) is 21.8 Å². The minimum Gasteiger partial charge on any atom is -0.481 e. The average molecular weight is 286 g/mol. The van der Waals surface area contributed by atoms with E-state index in [1.165, 1.54) is 10.2 Å². The molecule has 0 spiro atoms. The summed E-state index contributed by atoms with van der Waals surface area (Å²) in [6.07, 6.45) is -0.579. The molecule has 112 valence electrons. The van der Waals surface area contributed by atoms with Crippen molar-refractivity contribution in [3.05, 3.63) is 46.3 Å². The number of benzene rings is 1. The van der Waals surface area contributed by atoms with Gasteiger partial charge in [0.2, 0.25) is 0 Å². The Morgan fingerprint density at radius 1 is 1.14 bits per heavy atom. The standard InChI is InChI=1S/C17H22N2O2/c1-10-7-8-16(9-11(10)2)21-15(6)17(20)19-14(5)12(3)13(4)18-19/h7-9,15H,1-6H3/t15-/m1/s1. The largest absolute Gasteiger partial charge is 0.481 e. The van der Waals surface area contributed by atoms with Gasteiger partial charge in [0.1, 0.15) is 5.75 Å². The molecular formula is C17H22N2O2. The summed E-state index contributed by atoms with van der Waals surface area (Å²) in [5.74, 6) is 0.555. The van der Waals surface area contributed by atoms with Crippen molar-refractivity contribution in [2.75, 3.05) is 0 Å². The fourth-order valence-corrected chi connectivity index (χ4v) is 2.15. The van der Waals surface area contributed by atoms with Gasteiger partial charge in [-0.2, -0.15) is 5.10 Å². The molecule has 0 aliphatic heterocycles. The Hall–Kier alpha value is -2.10. The second-order valence-corrected chi connectivity index (χ2v) is 5.55. The van der Waals surface area contributed by atoms with E-state index in [1.54, 1.807) is 6.92 Å². The fourth-order valence-electron chi connectivity index (χ4n) is 2.15. The van der Waals surface area contributed by atoms with Gasteiger partial charge in [-0.15, -0.1) is 0 Å². The molecule has 4 heteroatoms. The molecule has 2 rings (SSSR count). The summed E-state index contributed by atoms with van der Waals surface area (Å²) in [4.78, 5) is 12.5. The lowest BCUT2D eigenvalue weighted by Gasteiger charge is -2.15. The molecule has 2 aromatic rings. The van der Waals surface area contributed by atoms with E-state index >= 15 is 0 Å². The number of hydrogen-bond acceptors (Lipinski definition) is 3. The maximum absolute atomic E-state index is 12.5. The van der Waals surface area contributed by atoms with Crippen LogP contribution in [0.4, 0.5) is 0 Å². The van der Waals surface area contributed by atoms with Crippen LogP contribution in [0.2, 0.25) is 0 Å². The second kappa shape index (κ2) is 5.72. The van der Waals surface area contributed by atoms with Crippen molar-refractivity contribution < 1.29 is 9.53 Å². The molecule has 0 unspecified atom stereocenters. The third kappa shape index (κ3) is 2.99. The summed E-state index contributed by atoms with van der Waals surface area (Å²) in [5, 5.41) is 4.29.